The maximum absolute atomic E-state index is 12.0. The van der Waals surface area contributed by atoms with Gasteiger partial charge in [0.05, 0.1) is 5.56 Å². The minimum Gasteiger partial charge on any atom is -0.401 e. The quantitative estimate of drug-likeness (QED) is 0.641. The summed E-state index contributed by atoms with van der Waals surface area (Å²) in [7, 11) is 0. The van der Waals surface area contributed by atoms with Crippen molar-refractivity contribution in [2.45, 2.75) is 19.8 Å². The molecule has 1 aliphatic rings. The van der Waals surface area contributed by atoms with E-state index >= 15 is 0 Å². The summed E-state index contributed by atoms with van der Waals surface area (Å²) >= 11 is 0. The average Bonchev–Trinajstić information content (AvgIpc) is 2.33. The van der Waals surface area contributed by atoms with Gasteiger partial charge < -0.3 is 14.6 Å². The Bertz CT molecular complexity index is 561. The molecule has 100 valence electrons. The molecule has 5 heteroatoms. The fourth-order valence-corrected chi connectivity index (χ4v) is 1.76. The third-order valence-corrected chi connectivity index (χ3v) is 2.74. The molecule has 0 spiro atoms. The fraction of sp³-hybridized carbons (Fsp3) is 0.286. The summed E-state index contributed by atoms with van der Waals surface area (Å²) in [5.41, 5.74) is 2.10. The third kappa shape index (κ3) is 3.07. The molecule has 0 aromatic heterocycles. The molecule has 1 aromatic carbocycles. The lowest BCUT2D eigenvalue weighted by Gasteiger charge is -2.26. The highest BCUT2D eigenvalue weighted by Gasteiger charge is 2.34. The van der Waals surface area contributed by atoms with Gasteiger partial charge in [-0.3, -0.25) is 4.79 Å². The van der Waals surface area contributed by atoms with Crippen molar-refractivity contribution in [3.8, 4) is 0 Å². The molecule has 0 aliphatic carbocycles. The van der Waals surface area contributed by atoms with Crippen LogP contribution in [0.2, 0.25) is 0 Å². The number of rotatable bonds is 2. The second-order valence-corrected chi connectivity index (χ2v) is 4.43. The first-order valence-corrected chi connectivity index (χ1v) is 5.79. The number of aliphatic hydroxyl groups is 1. The van der Waals surface area contributed by atoms with Crippen molar-refractivity contribution in [3.05, 3.63) is 47.0 Å². The van der Waals surface area contributed by atoms with Crippen LogP contribution in [0, 0.1) is 13.8 Å². The van der Waals surface area contributed by atoms with Gasteiger partial charge in [0.25, 0.3) is 0 Å². The Balaban J connectivity index is 2.17. The van der Waals surface area contributed by atoms with Crippen molar-refractivity contribution >= 4 is 11.8 Å². The zero-order valence-corrected chi connectivity index (χ0v) is 10.7. The Morgan fingerprint density at radius 3 is 2.74 bits per heavy atom. The standard InChI is InChI=1S/C14H14O5/c1-9-3-4-12(10(2)7-9)13(16)19-14(17)6-5-11(15)8-18-14/h3-7,17H,8H2,1-2H3. The van der Waals surface area contributed by atoms with Crippen molar-refractivity contribution in [2.24, 2.45) is 0 Å². The topological polar surface area (TPSA) is 72.8 Å². The molecule has 0 amide bonds. The summed E-state index contributed by atoms with van der Waals surface area (Å²) in [6.45, 7) is 3.36. The Kier molecular flexibility index (Phi) is 3.50. The maximum Gasteiger partial charge on any atom is 0.349 e. The Labute approximate surface area is 110 Å². The van der Waals surface area contributed by atoms with E-state index in [2.05, 4.69) is 0 Å². The summed E-state index contributed by atoms with van der Waals surface area (Å²) in [6.07, 6.45) is 2.14. The van der Waals surface area contributed by atoms with Crippen molar-refractivity contribution in [1.82, 2.24) is 0 Å². The van der Waals surface area contributed by atoms with Gasteiger partial charge in [-0.2, -0.15) is 0 Å². The third-order valence-electron chi connectivity index (χ3n) is 2.74. The second-order valence-electron chi connectivity index (χ2n) is 4.43. The van der Waals surface area contributed by atoms with E-state index in [0.29, 0.717) is 5.56 Å². The summed E-state index contributed by atoms with van der Waals surface area (Å²) in [5.74, 6) is -3.19. The molecule has 0 saturated carbocycles. The monoisotopic (exact) mass is 262 g/mol. The van der Waals surface area contributed by atoms with E-state index in [1.807, 2.05) is 13.0 Å². The first kappa shape index (κ1) is 13.5. The largest absolute Gasteiger partial charge is 0.401 e. The molecule has 1 unspecified atom stereocenters. The second kappa shape index (κ2) is 4.95. The fourth-order valence-electron chi connectivity index (χ4n) is 1.76. The van der Waals surface area contributed by atoms with Crippen LogP contribution in [0.1, 0.15) is 21.5 Å². The average molecular weight is 262 g/mol. The lowest BCUT2D eigenvalue weighted by atomic mass is 10.1. The Hall–Kier alpha value is -1.98. The predicted octanol–water partition coefficient (Wildman–Crippen LogP) is 1.26. The van der Waals surface area contributed by atoms with Crippen LogP contribution >= 0.6 is 0 Å². The van der Waals surface area contributed by atoms with Crippen LogP contribution in [-0.2, 0) is 14.3 Å². The van der Waals surface area contributed by atoms with E-state index in [1.165, 1.54) is 0 Å². The minimum absolute atomic E-state index is 0.299. The molecule has 1 heterocycles. The van der Waals surface area contributed by atoms with Gasteiger partial charge in [-0.05, 0) is 31.6 Å². The number of benzene rings is 1. The van der Waals surface area contributed by atoms with Gasteiger partial charge >= 0.3 is 11.9 Å². The SMILES string of the molecule is Cc1ccc(C(=O)OC2(O)C=CC(=O)CO2)c(C)c1. The number of carbonyl (C=O) groups is 2. The van der Waals surface area contributed by atoms with Crippen LogP contribution in [0.15, 0.2) is 30.4 Å². The predicted molar refractivity (Wildman–Crippen MR) is 66.4 cm³/mol. The highest BCUT2D eigenvalue weighted by atomic mass is 16.8. The first-order valence-electron chi connectivity index (χ1n) is 5.79. The van der Waals surface area contributed by atoms with Crippen LogP contribution in [0.3, 0.4) is 0 Å². The molecule has 2 rings (SSSR count). The van der Waals surface area contributed by atoms with E-state index in [-0.39, 0.29) is 12.4 Å². The number of carbonyl (C=O) groups excluding carboxylic acids is 2. The Morgan fingerprint density at radius 2 is 2.16 bits per heavy atom. The van der Waals surface area contributed by atoms with E-state index in [0.717, 1.165) is 23.3 Å². The summed E-state index contributed by atoms with van der Waals surface area (Å²) in [6, 6.07) is 5.23. The zero-order valence-electron chi connectivity index (χ0n) is 10.7. The van der Waals surface area contributed by atoms with Crippen molar-refractivity contribution in [2.75, 3.05) is 6.61 Å². The highest BCUT2D eigenvalue weighted by molar-refractivity contribution is 5.93. The van der Waals surface area contributed by atoms with Gasteiger partial charge in [0.15, 0.2) is 5.78 Å². The molecule has 1 N–H and O–H groups in total. The molecule has 0 fully saturated rings. The van der Waals surface area contributed by atoms with Crippen LogP contribution in [0.25, 0.3) is 0 Å². The number of hydrogen-bond donors (Lipinski definition) is 1. The van der Waals surface area contributed by atoms with Crippen LogP contribution in [-0.4, -0.2) is 29.4 Å². The van der Waals surface area contributed by atoms with Crippen molar-refractivity contribution in [1.29, 1.82) is 0 Å². The molecule has 1 aromatic rings. The molecule has 1 aliphatic heterocycles. The first-order chi connectivity index (χ1) is 8.89. The van der Waals surface area contributed by atoms with Gasteiger partial charge in [-0.1, -0.05) is 17.7 Å². The molecule has 19 heavy (non-hydrogen) atoms. The van der Waals surface area contributed by atoms with E-state index < -0.39 is 11.9 Å². The van der Waals surface area contributed by atoms with Gasteiger partial charge in [-0.15, -0.1) is 0 Å². The van der Waals surface area contributed by atoms with E-state index in [1.54, 1.807) is 19.1 Å². The minimum atomic E-state index is -2.18. The number of ether oxygens (including phenoxy) is 2. The van der Waals surface area contributed by atoms with E-state index in [4.69, 9.17) is 9.47 Å². The summed E-state index contributed by atoms with van der Waals surface area (Å²) in [5, 5.41) is 9.86. The van der Waals surface area contributed by atoms with Crippen LogP contribution in [0.5, 0.6) is 0 Å². The lowest BCUT2D eigenvalue weighted by molar-refractivity contribution is -0.298. The molecule has 0 bridgehead atoms. The van der Waals surface area contributed by atoms with Gasteiger partial charge in [-0.25, -0.2) is 4.79 Å². The lowest BCUT2D eigenvalue weighted by Crippen LogP contribution is -2.40. The summed E-state index contributed by atoms with van der Waals surface area (Å²) < 4.78 is 9.70. The van der Waals surface area contributed by atoms with Crippen molar-refractivity contribution < 1.29 is 24.2 Å². The molecule has 0 saturated heterocycles. The maximum atomic E-state index is 12.0. The van der Waals surface area contributed by atoms with Crippen LogP contribution in [0.4, 0.5) is 0 Å². The Morgan fingerprint density at radius 1 is 1.42 bits per heavy atom. The van der Waals surface area contributed by atoms with Crippen molar-refractivity contribution in [3.63, 3.8) is 0 Å². The molecular formula is C14H14O5. The number of esters is 1. The van der Waals surface area contributed by atoms with Gasteiger partial charge in [0.2, 0.25) is 0 Å². The number of aryl methyl sites for hydroxylation is 2. The number of ketones is 1. The zero-order chi connectivity index (χ0) is 14.0. The molecule has 5 nitrogen and oxygen atoms in total. The normalized spacial score (nSPS) is 22.4. The highest BCUT2D eigenvalue weighted by Crippen LogP contribution is 2.20. The number of hydrogen-bond acceptors (Lipinski definition) is 5. The smallest absolute Gasteiger partial charge is 0.349 e. The van der Waals surface area contributed by atoms with Gasteiger partial charge in [0, 0.05) is 6.08 Å². The molecule has 1 atom stereocenters. The van der Waals surface area contributed by atoms with Crippen LogP contribution < -0.4 is 0 Å². The summed E-state index contributed by atoms with van der Waals surface area (Å²) in [4.78, 5) is 22.9. The molecule has 0 radical (unpaired) electrons. The van der Waals surface area contributed by atoms with E-state index in [9.17, 15) is 14.7 Å². The van der Waals surface area contributed by atoms with Gasteiger partial charge in [0.1, 0.15) is 6.61 Å². The molecular weight excluding hydrogens is 248 g/mol.